The second-order valence-electron chi connectivity index (χ2n) is 5.25. The van der Waals surface area contributed by atoms with Gasteiger partial charge in [0.15, 0.2) is 0 Å². The van der Waals surface area contributed by atoms with E-state index >= 15 is 0 Å². The van der Waals surface area contributed by atoms with Crippen LogP contribution >= 0.6 is 0 Å². The smallest absolute Gasteiger partial charge is 0.127 e. The van der Waals surface area contributed by atoms with Crippen molar-refractivity contribution in [2.24, 2.45) is 4.99 Å². The van der Waals surface area contributed by atoms with E-state index in [0.29, 0.717) is 0 Å². The zero-order valence-electron chi connectivity index (χ0n) is 11.3. The van der Waals surface area contributed by atoms with E-state index in [9.17, 15) is 0 Å². The molecule has 4 nitrogen and oxygen atoms in total. The fourth-order valence-corrected chi connectivity index (χ4v) is 1.51. The van der Waals surface area contributed by atoms with Crippen molar-refractivity contribution in [1.82, 2.24) is 15.0 Å². The van der Waals surface area contributed by atoms with Crippen molar-refractivity contribution in [3.63, 3.8) is 0 Å². The lowest BCUT2D eigenvalue weighted by Gasteiger charge is -2.17. The number of para-hydroxylation sites is 1. The van der Waals surface area contributed by atoms with Crippen LogP contribution in [0.3, 0.4) is 0 Å². The molecule has 4 heteroatoms. The largest absolute Gasteiger partial charge is 0.251 e. The second-order valence-corrected chi connectivity index (χ2v) is 5.25. The summed E-state index contributed by atoms with van der Waals surface area (Å²) in [6.07, 6.45) is 1.93. The number of aromatic nitrogens is 3. The van der Waals surface area contributed by atoms with E-state index in [4.69, 9.17) is 0 Å². The number of nitrogens with zero attached hydrogens (tertiary/aromatic N) is 4. The van der Waals surface area contributed by atoms with Crippen molar-refractivity contribution < 1.29 is 0 Å². The molecule has 2 aromatic rings. The van der Waals surface area contributed by atoms with Gasteiger partial charge in [-0.05, 0) is 39.8 Å². The molecule has 0 unspecified atom stereocenters. The molecule has 1 aromatic heterocycles. The summed E-state index contributed by atoms with van der Waals surface area (Å²) in [4.78, 5) is 4.53. The van der Waals surface area contributed by atoms with Crippen LogP contribution in [0.15, 0.2) is 41.5 Å². The number of aliphatic imine (C=N–C) groups is 1. The van der Waals surface area contributed by atoms with Crippen LogP contribution in [0.5, 0.6) is 0 Å². The molecule has 0 aliphatic heterocycles. The van der Waals surface area contributed by atoms with Gasteiger partial charge in [0, 0.05) is 0 Å². The first-order valence-corrected chi connectivity index (χ1v) is 6.00. The minimum atomic E-state index is -0.0573. The average Bonchev–Trinajstić information content (AvgIpc) is 2.79. The molecule has 0 saturated heterocycles. The standard InChI is InChI=1S/C14H18N4/c1-11(15-12-8-6-5-7-9-12)13-10-18(17-16-13)14(2,3)4/h5-10H,1-4H3. The molecule has 0 radical (unpaired) electrons. The van der Waals surface area contributed by atoms with Gasteiger partial charge in [-0.1, -0.05) is 23.4 Å². The molecule has 2 rings (SSSR count). The van der Waals surface area contributed by atoms with Crippen LogP contribution in [0.4, 0.5) is 5.69 Å². The SMILES string of the molecule is CC(=Nc1ccccc1)c1cn(C(C)(C)C)nn1. The van der Waals surface area contributed by atoms with Crippen LogP contribution in [-0.4, -0.2) is 20.7 Å². The monoisotopic (exact) mass is 242 g/mol. The Morgan fingerprint density at radius 3 is 2.39 bits per heavy atom. The molecular weight excluding hydrogens is 224 g/mol. The molecular formula is C14H18N4. The number of rotatable bonds is 2. The highest BCUT2D eigenvalue weighted by Crippen LogP contribution is 2.14. The van der Waals surface area contributed by atoms with Crippen LogP contribution in [0.2, 0.25) is 0 Å². The fraction of sp³-hybridized carbons (Fsp3) is 0.357. The summed E-state index contributed by atoms with van der Waals surface area (Å²) in [7, 11) is 0. The van der Waals surface area contributed by atoms with Gasteiger partial charge in [0.05, 0.1) is 23.1 Å². The summed E-state index contributed by atoms with van der Waals surface area (Å²) in [5.74, 6) is 0. The van der Waals surface area contributed by atoms with Crippen LogP contribution in [0.1, 0.15) is 33.4 Å². The maximum absolute atomic E-state index is 4.53. The van der Waals surface area contributed by atoms with Crippen molar-refractivity contribution in [3.05, 3.63) is 42.2 Å². The maximum Gasteiger partial charge on any atom is 0.127 e. The molecule has 0 amide bonds. The van der Waals surface area contributed by atoms with Crippen molar-refractivity contribution in [2.45, 2.75) is 33.2 Å². The quantitative estimate of drug-likeness (QED) is 0.759. The predicted octanol–water partition coefficient (Wildman–Crippen LogP) is 3.17. The molecule has 0 saturated carbocycles. The summed E-state index contributed by atoms with van der Waals surface area (Å²) in [6.45, 7) is 8.23. The summed E-state index contributed by atoms with van der Waals surface area (Å²) in [5, 5.41) is 8.30. The molecule has 94 valence electrons. The van der Waals surface area contributed by atoms with Crippen LogP contribution in [-0.2, 0) is 5.54 Å². The van der Waals surface area contributed by atoms with Gasteiger partial charge in [-0.3, -0.25) is 4.99 Å². The van der Waals surface area contributed by atoms with Crippen LogP contribution in [0, 0.1) is 0 Å². The first-order valence-electron chi connectivity index (χ1n) is 6.00. The van der Waals surface area contributed by atoms with Gasteiger partial charge in [-0.2, -0.15) is 0 Å². The molecule has 0 fully saturated rings. The first-order chi connectivity index (χ1) is 8.47. The zero-order valence-corrected chi connectivity index (χ0v) is 11.3. The van der Waals surface area contributed by atoms with Gasteiger partial charge in [0.1, 0.15) is 5.69 Å². The third-order valence-electron chi connectivity index (χ3n) is 2.60. The first kappa shape index (κ1) is 12.5. The zero-order chi connectivity index (χ0) is 13.2. The molecule has 0 aliphatic carbocycles. The fourth-order valence-electron chi connectivity index (χ4n) is 1.51. The number of benzene rings is 1. The highest BCUT2D eigenvalue weighted by atomic mass is 15.4. The molecule has 1 heterocycles. The summed E-state index contributed by atoms with van der Waals surface area (Å²) >= 11 is 0. The van der Waals surface area contributed by atoms with E-state index in [0.717, 1.165) is 17.1 Å². The van der Waals surface area contributed by atoms with E-state index in [1.807, 2.05) is 48.1 Å². The van der Waals surface area contributed by atoms with Gasteiger partial charge in [0.2, 0.25) is 0 Å². The topological polar surface area (TPSA) is 43.1 Å². The Morgan fingerprint density at radius 2 is 1.83 bits per heavy atom. The maximum atomic E-state index is 4.53. The second kappa shape index (κ2) is 4.72. The number of hydrogen-bond acceptors (Lipinski definition) is 3. The highest BCUT2D eigenvalue weighted by Gasteiger charge is 2.15. The van der Waals surface area contributed by atoms with Gasteiger partial charge in [-0.15, -0.1) is 5.10 Å². The highest BCUT2D eigenvalue weighted by molar-refractivity contribution is 5.98. The Balaban J connectivity index is 2.27. The van der Waals surface area contributed by atoms with Crippen LogP contribution < -0.4 is 0 Å². The third-order valence-corrected chi connectivity index (χ3v) is 2.60. The lowest BCUT2D eigenvalue weighted by atomic mass is 10.1. The van der Waals surface area contributed by atoms with Gasteiger partial charge in [-0.25, -0.2) is 4.68 Å². The average molecular weight is 242 g/mol. The molecule has 0 bridgehead atoms. The van der Waals surface area contributed by atoms with Crippen molar-refractivity contribution >= 4 is 11.4 Å². The number of hydrogen-bond donors (Lipinski definition) is 0. The van der Waals surface area contributed by atoms with Crippen molar-refractivity contribution in [2.75, 3.05) is 0 Å². The lowest BCUT2D eigenvalue weighted by Crippen LogP contribution is -2.22. The van der Waals surface area contributed by atoms with Gasteiger partial charge in [0.25, 0.3) is 0 Å². The third kappa shape index (κ3) is 2.83. The summed E-state index contributed by atoms with van der Waals surface area (Å²) in [5.41, 5.74) is 2.56. The summed E-state index contributed by atoms with van der Waals surface area (Å²) < 4.78 is 1.85. The Bertz CT molecular complexity index is 547. The Kier molecular flexibility index (Phi) is 3.28. The molecule has 0 N–H and O–H groups in total. The molecule has 18 heavy (non-hydrogen) atoms. The van der Waals surface area contributed by atoms with Gasteiger partial charge < -0.3 is 0 Å². The molecule has 0 atom stereocenters. The van der Waals surface area contributed by atoms with Crippen molar-refractivity contribution in [3.8, 4) is 0 Å². The van der Waals surface area contributed by atoms with Crippen LogP contribution in [0.25, 0.3) is 0 Å². The van der Waals surface area contributed by atoms with E-state index in [2.05, 4.69) is 36.1 Å². The molecule has 1 aromatic carbocycles. The Hall–Kier alpha value is -1.97. The summed E-state index contributed by atoms with van der Waals surface area (Å²) in [6, 6.07) is 9.86. The van der Waals surface area contributed by atoms with E-state index in [1.54, 1.807) is 0 Å². The lowest BCUT2D eigenvalue weighted by molar-refractivity contribution is 0.347. The normalized spacial score (nSPS) is 12.8. The van der Waals surface area contributed by atoms with E-state index < -0.39 is 0 Å². The predicted molar refractivity (Wildman–Crippen MR) is 73.3 cm³/mol. The molecule has 0 spiro atoms. The van der Waals surface area contributed by atoms with E-state index in [1.165, 1.54) is 0 Å². The van der Waals surface area contributed by atoms with Crippen molar-refractivity contribution in [1.29, 1.82) is 0 Å². The van der Waals surface area contributed by atoms with Gasteiger partial charge >= 0.3 is 0 Å². The molecule has 0 aliphatic rings. The minimum Gasteiger partial charge on any atom is -0.251 e. The van der Waals surface area contributed by atoms with E-state index in [-0.39, 0.29) is 5.54 Å². The Morgan fingerprint density at radius 1 is 1.17 bits per heavy atom. The Labute approximate surface area is 107 Å². The minimum absolute atomic E-state index is 0.0573.